The average molecular weight is 307 g/mol. The molecule has 1 amide bonds. The highest BCUT2D eigenvalue weighted by atomic mass is 32.1. The largest absolute Gasteiger partial charge is 0.497 e. The number of aromatic nitrogens is 1. The molecule has 1 unspecified atom stereocenters. The van der Waals surface area contributed by atoms with Crippen LogP contribution in [0.3, 0.4) is 0 Å². The summed E-state index contributed by atoms with van der Waals surface area (Å²) in [7, 11) is 1.63. The molecule has 0 radical (unpaired) electrons. The van der Waals surface area contributed by atoms with Gasteiger partial charge in [0.05, 0.1) is 30.5 Å². The summed E-state index contributed by atoms with van der Waals surface area (Å²) in [5.74, 6) is 0.733. The topological polar surface area (TPSA) is 72.5 Å². The molecule has 2 heterocycles. The van der Waals surface area contributed by atoms with Crippen LogP contribution in [0.4, 0.5) is 5.13 Å². The molecule has 1 aromatic heterocycles. The lowest BCUT2D eigenvalue weighted by atomic mass is 10.2. The number of nitrogens with zero attached hydrogens (tertiary/aromatic N) is 1. The number of benzene rings is 1. The maximum atomic E-state index is 12.0. The van der Waals surface area contributed by atoms with E-state index in [-0.39, 0.29) is 11.9 Å². The van der Waals surface area contributed by atoms with Crippen molar-refractivity contribution < 1.29 is 14.3 Å². The number of carbonyl (C=O) groups is 1. The van der Waals surface area contributed by atoms with E-state index in [0.29, 0.717) is 24.8 Å². The number of ether oxygens (including phenoxy) is 2. The SMILES string of the molecule is COc1ccc2nc(NC(=O)CC3COCCN3)sc2c1. The highest BCUT2D eigenvalue weighted by molar-refractivity contribution is 7.22. The van der Waals surface area contributed by atoms with Crippen molar-refractivity contribution in [2.75, 3.05) is 32.2 Å². The fourth-order valence-corrected chi connectivity index (χ4v) is 3.14. The average Bonchev–Trinajstić information content (AvgIpc) is 2.89. The number of thiazole rings is 1. The van der Waals surface area contributed by atoms with Gasteiger partial charge in [-0.1, -0.05) is 11.3 Å². The normalized spacial score (nSPS) is 18.6. The first-order valence-electron chi connectivity index (χ1n) is 6.80. The molecule has 1 fully saturated rings. The van der Waals surface area contributed by atoms with Crippen molar-refractivity contribution >= 4 is 32.6 Å². The van der Waals surface area contributed by atoms with Crippen LogP contribution in [0.1, 0.15) is 6.42 Å². The zero-order valence-electron chi connectivity index (χ0n) is 11.7. The number of morpholine rings is 1. The molecular weight excluding hydrogens is 290 g/mol. The van der Waals surface area contributed by atoms with Crippen molar-refractivity contribution in [3.8, 4) is 5.75 Å². The van der Waals surface area contributed by atoms with Crippen molar-refractivity contribution in [2.24, 2.45) is 0 Å². The van der Waals surface area contributed by atoms with Crippen LogP contribution < -0.4 is 15.4 Å². The van der Waals surface area contributed by atoms with Crippen LogP contribution in [-0.2, 0) is 9.53 Å². The van der Waals surface area contributed by atoms with Crippen LogP contribution >= 0.6 is 11.3 Å². The van der Waals surface area contributed by atoms with Gasteiger partial charge in [0.15, 0.2) is 5.13 Å². The third kappa shape index (κ3) is 3.49. The van der Waals surface area contributed by atoms with E-state index in [1.165, 1.54) is 11.3 Å². The van der Waals surface area contributed by atoms with Gasteiger partial charge in [-0.05, 0) is 18.2 Å². The number of nitrogens with one attached hydrogen (secondary N) is 2. The Bertz CT molecular complexity index is 637. The van der Waals surface area contributed by atoms with Gasteiger partial charge in [-0.25, -0.2) is 4.98 Å². The minimum atomic E-state index is -0.0518. The van der Waals surface area contributed by atoms with Crippen molar-refractivity contribution in [2.45, 2.75) is 12.5 Å². The van der Waals surface area contributed by atoms with Crippen LogP contribution in [-0.4, -0.2) is 43.8 Å². The molecule has 0 aliphatic carbocycles. The molecule has 7 heteroatoms. The van der Waals surface area contributed by atoms with Gasteiger partial charge in [0.25, 0.3) is 0 Å². The molecule has 0 bridgehead atoms. The number of fused-ring (bicyclic) bond motifs is 1. The standard InChI is InChI=1S/C14H17N3O3S/c1-19-10-2-3-11-12(7-10)21-14(16-11)17-13(18)6-9-8-20-5-4-15-9/h2-3,7,9,15H,4-6,8H2,1H3,(H,16,17,18). The molecule has 1 atom stereocenters. The van der Waals surface area contributed by atoms with Gasteiger partial charge < -0.3 is 20.1 Å². The Morgan fingerprint density at radius 2 is 2.52 bits per heavy atom. The molecule has 21 heavy (non-hydrogen) atoms. The molecule has 0 saturated carbocycles. The van der Waals surface area contributed by atoms with Gasteiger partial charge in [0, 0.05) is 19.0 Å². The molecule has 112 valence electrons. The zero-order chi connectivity index (χ0) is 14.7. The Kier molecular flexibility index (Phi) is 4.33. The fraction of sp³-hybridized carbons (Fsp3) is 0.429. The molecule has 6 nitrogen and oxygen atoms in total. The second kappa shape index (κ2) is 6.38. The maximum absolute atomic E-state index is 12.0. The summed E-state index contributed by atoms with van der Waals surface area (Å²) in [6.45, 7) is 2.07. The number of anilines is 1. The molecular formula is C14H17N3O3S. The van der Waals surface area contributed by atoms with Gasteiger partial charge in [-0.3, -0.25) is 4.79 Å². The van der Waals surface area contributed by atoms with Crippen LogP contribution in [0.15, 0.2) is 18.2 Å². The summed E-state index contributed by atoms with van der Waals surface area (Å²) < 4.78 is 11.5. The summed E-state index contributed by atoms with van der Waals surface area (Å²) in [6.07, 6.45) is 0.388. The van der Waals surface area contributed by atoms with E-state index in [2.05, 4.69) is 15.6 Å². The van der Waals surface area contributed by atoms with Crippen molar-refractivity contribution in [3.05, 3.63) is 18.2 Å². The fourth-order valence-electron chi connectivity index (χ4n) is 2.23. The number of methoxy groups -OCH3 is 1. The lowest BCUT2D eigenvalue weighted by Gasteiger charge is -2.22. The Labute approximate surface area is 126 Å². The van der Waals surface area contributed by atoms with Gasteiger partial charge in [-0.2, -0.15) is 0 Å². The third-order valence-corrected chi connectivity index (χ3v) is 4.21. The van der Waals surface area contributed by atoms with Crippen LogP contribution in [0, 0.1) is 0 Å². The Hall–Kier alpha value is -1.70. The minimum Gasteiger partial charge on any atom is -0.497 e. The van der Waals surface area contributed by atoms with Gasteiger partial charge in [0.1, 0.15) is 5.75 Å². The van der Waals surface area contributed by atoms with E-state index < -0.39 is 0 Å². The minimum absolute atomic E-state index is 0.0518. The monoisotopic (exact) mass is 307 g/mol. The number of rotatable bonds is 4. The molecule has 1 aliphatic rings. The number of amides is 1. The smallest absolute Gasteiger partial charge is 0.227 e. The van der Waals surface area contributed by atoms with Gasteiger partial charge in [0.2, 0.25) is 5.91 Å². The van der Waals surface area contributed by atoms with Gasteiger partial charge in [-0.15, -0.1) is 0 Å². The predicted octanol–water partition coefficient (Wildman–Crippen LogP) is 1.62. The van der Waals surface area contributed by atoms with Crippen molar-refractivity contribution in [1.82, 2.24) is 10.3 Å². The molecule has 2 N–H and O–H groups in total. The van der Waals surface area contributed by atoms with Crippen LogP contribution in [0.5, 0.6) is 5.75 Å². The summed E-state index contributed by atoms with van der Waals surface area (Å²) >= 11 is 1.44. The van der Waals surface area contributed by atoms with E-state index in [1.807, 2.05) is 18.2 Å². The summed E-state index contributed by atoms with van der Waals surface area (Å²) in [6, 6.07) is 5.74. The molecule has 1 saturated heterocycles. The zero-order valence-corrected chi connectivity index (χ0v) is 12.5. The maximum Gasteiger partial charge on any atom is 0.227 e. The molecule has 1 aliphatic heterocycles. The van der Waals surface area contributed by atoms with E-state index in [0.717, 1.165) is 22.5 Å². The van der Waals surface area contributed by atoms with Crippen molar-refractivity contribution in [1.29, 1.82) is 0 Å². The lowest BCUT2D eigenvalue weighted by molar-refractivity contribution is -0.117. The number of hydrogen-bond donors (Lipinski definition) is 2. The van der Waals surface area contributed by atoms with E-state index in [1.54, 1.807) is 7.11 Å². The quantitative estimate of drug-likeness (QED) is 0.898. The van der Waals surface area contributed by atoms with Crippen LogP contribution in [0.25, 0.3) is 10.2 Å². The van der Waals surface area contributed by atoms with E-state index in [4.69, 9.17) is 9.47 Å². The van der Waals surface area contributed by atoms with Crippen LogP contribution in [0.2, 0.25) is 0 Å². The number of hydrogen-bond acceptors (Lipinski definition) is 6. The van der Waals surface area contributed by atoms with Crippen molar-refractivity contribution in [3.63, 3.8) is 0 Å². The second-order valence-electron chi connectivity index (χ2n) is 4.83. The first-order chi connectivity index (χ1) is 10.2. The third-order valence-electron chi connectivity index (χ3n) is 3.27. The highest BCUT2D eigenvalue weighted by Gasteiger charge is 2.17. The Balaban J connectivity index is 1.65. The lowest BCUT2D eigenvalue weighted by Crippen LogP contribution is -2.43. The number of carbonyl (C=O) groups excluding carboxylic acids is 1. The molecule has 1 aromatic carbocycles. The summed E-state index contributed by atoms with van der Waals surface area (Å²) in [5, 5.41) is 6.72. The summed E-state index contributed by atoms with van der Waals surface area (Å²) in [4.78, 5) is 16.4. The first kappa shape index (κ1) is 14.2. The highest BCUT2D eigenvalue weighted by Crippen LogP contribution is 2.29. The Morgan fingerprint density at radius 3 is 3.29 bits per heavy atom. The Morgan fingerprint density at radius 1 is 1.62 bits per heavy atom. The predicted molar refractivity (Wildman–Crippen MR) is 82.0 cm³/mol. The second-order valence-corrected chi connectivity index (χ2v) is 5.86. The summed E-state index contributed by atoms with van der Waals surface area (Å²) in [5.41, 5.74) is 0.857. The molecule has 0 spiro atoms. The van der Waals surface area contributed by atoms with E-state index in [9.17, 15) is 4.79 Å². The first-order valence-corrected chi connectivity index (χ1v) is 7.62. The van der Waals surface area contributed by atoms with Gasteiger partial charge >= 0.3 is 0 Å². The molecule has 2 aromatic rings. The molecule has 3 rings (SSSR count). The van der Waals surface area contributed by atoms with E-state index >= 15 is 0 Å².